The van der Waals surface area contributed by atoms with Crippen LogP contribution in [0.4, 0.5) is 10.1 Å². The maximum absolute atomic E-state index is 14.3. The minimum absolute atomic E-state index is 0.162. The number of benzene rings is 2. The van der Waals surface area contributed by atoms with Crippen LogP contribution in [0.25, 0.3) is 28.2 Å². The minimum atomic E-state index is -0.448. The second kappa shape index (κ2) is 11.5. The lowest BCUT2D eigenvalue weighted by Crippen LogP contribution is -2.26. The number of hydrogen-bond donors (Lipinski definition) is 1. The third kappa shape index (κ3) is 5.55. The fraction of sp³-hybridized carbons (Fsp3) is 0.200. The first kappa shape index (κ1) is 27.7. The van der Waals surface area contributed by atoms with Gasteiger partial charge in [0, 0.05) is 34.3 Å². The summed E-state index contributed by atoms with van der Waals surface area (Å²) in [6.45, 7) is 1.85. The number of rotatable bonds is 3. The van der Waals surface area contributed by atoms with Crippen molar-refractivity contribution in [1.82, 2.24) is 29.5 Å². The number of pyridine rings is 1. The Kier molecular flexibility index (Phi) is 7.57. The van der Waals surface area contributed by atoms with E-state index in [-0.39, 0.29) is 22.5 Å². The molecule has 5 aromatic rings. The first-order chi connectivity index (χ1) is 20.3. The van der Waals surface area contributed by atoms with Crippen LogP contribution in [0.5, 0.6) is 0 Å². The van der Waals surface area contributed by atoms with Crippen LogP contribution in [-0.4, -0.2) is 35.4 Å². The predicted molar refractivity (Wildman–Crippen MR) is 158 cm³/mol. The molecule has 0 fully saturated rings. The molecule has 0 aliphatic carbocycles. The molecule has 212 valence electrons. The van der Waals surface area contributed by atoms with E-state index in [2.05, 4.69) is 25.6 Å². The van der Waals surface area contributed by atoms with E-state index in [1.54, 1.807) is 35.2 Å². The lowest BCUT2D eigenvalue weighted by Gasteiger charge is -2.23. The number of halogens is 3. The van der Waals surface area contributed by atoms with Crippen LogP contribution < -0.4 is 10.9 Å². The Bertz CT molecular complexity index is 1870. The largest absolute Gasteiger partial charge is 0.325 e. The fourth-order valence-electron chi connectivity index (χ4n) is 5.18. The van der Waals surface area contributed by atoms with Gasteiger partial charge in [-0.1, -0.05) is 41.8 Å². The maximum atomic E-state index is 14.3. The van der Waals surface area contributed by atoms with Gasteiger partial charge in [0.15, 0.2) is 5.15 Å². The number of carbonyl (C=O) groups is 1. The average molecular weight is 604 g/mol. The number of nitrogens with one attached hydrogen (secondary N) is 1. The summed E-state index contributed by atoms with van der Waals surface area (Å²) in [4.78, 5) is 35.7. The number of amides is 1. The molecule has 1 aliphatic heterocycles. The van der Waals surface area contributed by atoms with Gasteiger partial charge >= 0.3 is 0 Å². The summed E-state index contributed by atoms with van der Waals surface area (Å²) in [5.74, 6) is -0.903. The number of carbonyl (C=O) groups excluding carboxylic acids is 1. The minimum Gasteiger partial charge on any atom is -0.325 e. The second-order valence-corrected chi connectivity index (χ2v) is 11.0. The van der Waals surface area contributed by atoms with Crippen LogP contribution >= 0.6 is 23.2 Å². The monoisotopic (exact) mass is 603 g/mol. The second-order valence-electron chi connectivity index (χ2n) is 10.2. The SMILES string of the molecule is CC1CCCC(n2cnc(-c3cc(Cl)ccc3-n3cc(Cl)nn3)cc2=O)c2ccnc(c2)-c2cc(F)ccc2NC1=O. The van der Waals surface area contributed by atoms with Gasteiger partial charge in [0.05, 0.1) is 41.3 Å². The third-order valence-electron chi connectivity index (χ3n) is 7.36. The van der Waals surface area contributed by atoms with E-state index < -0.39 is 11.9 Å². The Morgan fingerprint density at radius 1 is 0.952 bits per heavy atom. The maximum Gasteiger partial charge on any atom is 0.254 e. The van der Waals surface area contributed by atoms with Crippen molar-refractivity contribution in [2.24, 2.45) is 5.92 Å². The van der Waals surface area contributed by atoms with Gasteiger partial charge in [0.25, 0.3) is 5.56 Å². The first-order valence-electron chi connectivity index (χ1n) is 13.3. The highest BCUT2D eigenvalue weighted by atomic mass is 35.5. The van der Waals surface area contributed by atoms with Gasteiger partial charge in [0.1, 0.15) is 5.82 Å². The standard InChI is InChI=1S/C30H24Cl2FN7O2/c1-17-3-2-4-26(18-9-10-34-24(11-18)21-13-20(33)6-7-23(21)36-30(17)42)39-16-35-25(14-29(39)41)22-12-19(31)5-8-27(22)40-15-28(32)37-38-40/h5-17,26H,2-4H2,1H3,(H,36,42). The molecule has 0 spiro atoms. The van der Waals surface area contributed by atoms with E-state index in [0.29, 0.717) is 58.2 Å². The van der Waals surface area contributed by atoms with Crippen molar-refractivity contribution < 1.29 is 9.18 Å². The van der Waals surface area contributed by atoms with Crippen molar-refractivity contribution in [3.8, 4) is 28.2 Å². The van der Waals surface area contributed by atoms with Crippen LogP contribution in [0.1, 0.15) is 37.8 Å². The molecule has 3 aromatic heterocycles. The molecule has 2 unspecified atom stereocenters. The fourth-order valence-corrected chi connectivity index (χ4v) is 5.47. The third-order valence-corrected chi connectivity index (χ3v) is 7.77. The lowest BCUT2D eigenvalue weighted by molar-refractivity contribution is -0.119. The van der Waals surface area contributed by atoms with Crippen molar-refractivity contribution in [2.45, 2.75) is 32.2 Å². The van der Waals surface area contributed by atoms with E-state index in [9.17, 15) is 14.0 Å². The highest BCUT2D eigenvalue weighted by Crippen LogP contribution is 2.33. The summed E-state index contributed by atoms with van der Waals surface area (Å²) in [7, 11) is 0. The van der Waals surface area contributed by atoms with E-state index in [0.717, 1.165) is 5.56 Å². The van der Waals surface area contributed by atoms with Gasteiger partial charge in [-0.15, -0.1) is 5.10 Å². The molecule has 1 amide bonds. The summed E-state index contributed by atoms with van der Waals surface area (Å²) in [5.41, 5.74) is 3.53. The van der Waals surface area contributed by atoms with Gasteiger partial charge in [-0.05, 0) is 66.9 Å². The zero-order valence-electron chi connectivity index (χ0n) is 22.3. The Balaban J connectivity index is 1.44. The zero-order valence-corrected chi connectivity index (χ0v) is 23.8. The van der Waals surface area contributed by atoms with Crippen molar-refractivity contribution >= 4 is 34.8 Å². The average Bonchev–Trinajstić information content (AvgIpc) is 3.41. The summed E-state index contributed by atoms with van der Waals surface area (Å²) < 4.78 is 17.4. The molecule has 1 N–H and O–H groups in total. The van der Waals surface area contributed by atoms with Crippen LogP contribution in [0, 0.1) is 11.7 Å². The van der Waals surface area contributed by atoms with E-state index in [1.165, 1.54) is 35.3 Å². The number of anilines is 1. The van der Waals surface area contributed by atoms with Crippen molar-refractivity contribution in [1.29, 1.82) is 0 Å². The van der Waals surface area contributed by atoms with E-state index >= 15 is 0 Å². The van der Waals surface area contributed by atoms with Crippen LogP contribution in [0.15, 0.2) is 78.1 Å². The Hall–Kier alpha value is -4.41. The molecule has 4 heterocycles. The highest BCUT2D eigenvalue weighted by molar-refractivity contribution is 6.31. The molecule has 0 saturated carbocycles. The van der Waals surface area contributed by atoms with Crippen molar-refractivity contribution in [3.05, 3.63) is 105 Å². The van der Waals surface area contributed by atoms with E-state index in [4.69, 9.17) is 23.2 Å². The van der Waals surface area contributed by atoms with Crippen LogP contribution in [0.2, 0.25) is 10.2 Å². The molecule has 2 bridgehead atoms. The molecule has 12 heteroatoms. The summed E-state index contributed by atoms with van der Waals surface area (Å²) in [6, 6.07) is 14.1. The molecule has 0 radical (unpaired) electrons. The highest BCUT2D eigenvalue weighted by Gasteiger charge is 2.23. The summed E-state index contributed by atoms with van der Waals surface area (Å²) in [5, 5.41) is 11.5. The lowest BCUT2D eigenvalue weighted by atomic mass is 9.94. The molecule has 6 rings (SSSR count). The van der Waals surface area contributed by atoms with Crippen molar-refractivity contribution in [3.63, 3.8) is 0 Å². The summed E-state index contributed by atoms with van der Waals surface area (Å²) in [6.07, 6.45) is 6.52. The number of fused-ring (bicyclic) bond motifs is 4. The van der Waals surface area contributed by atoms with Crippen molar-refractivity contribution in [2.75, 3.05) is 5.32 Å². The molecular formula is C30H24Cl2FN7O2. The van der Waals surface area contributed by atoms with Gasteiger partial charge in [0.2, 0.25) is 5.91 Å². The quantitative estimate of drug-likeness (QED) is 0.257. The molecule has 42 heavy (non-hydrogen) atoms. The molecule has 2 aromatic carbocycles. The normalized spacial score (nSPS) is 17.1. The van der Waals surface area contributed by atoms with E-state index in [1.807, 2.05) is 19.1 Å². The number of hydrogen-bond acceptors (Lipinski definition) is 6. The molecule has 2 atom stereocenters. The zero-order chi connectivity index (χ0) is 29.4. The number of nitrogens with zero attached hydrogens (tertiary/aromatic N) is 6. The first-order valence-corrected chi connectivity index (χ1v) is 14.1. The molecular weight excluding hydrogens is 580 g/mol. The Labute approximate surface area is 250 Å². The summed E-state index contributed by atoms with van der Waals surface area (Å²) >= 11 is 12.3. The van der Waals surface area contributed by atoms with Crippen LogP contribution in [-0.2, 0) is 4.79 Å². The number of aromatic nitrogens is 6. The topological polar surface area (TPSA) is 108 Å². The van der Waals surface area contributed by atoms with Gasteiger partial charge < -0.3 is 5.32 Å². The molecule has 1 aliphatic rings. The molecule has 9 nitrogen and oxygen atoms in total. The molecule has 0 saturated heterocycles. The van der Waals surface area contributed by atoms with Crippen LogP contribution in [0.3, 0.4) is 0 Å². The van der Waals surface area contributed by atoms with Gasteiger partial charge in [-0.3, -0.25) is 19.1 Å². The Morgan fingerprint density at radius 3 is 2.57 bits per heavy atom. The predicted octanol–water partition coefficient (Wildman–Crippen LogP) is 6.35. The Morgan fingerprint density at radius 2 is 1.79 bits per heavy atom. The smallest absolute Gasteiger partial charge is 0.254 e. The van der Waals surface area contributed by atoms with Gasteiger partial charge in [-0.25, -0.2) is 14.1 Å². The van der Waals surface area contributed by atoms with Gasteiger partial charge in [-0.2, -0.15) is 0 Å².